The third kappa shape index (κ3) is 3.93. The molecule has 1 atom stereocenters. The van der Waals surface area contributed by atoms with E-state index < -0.39 is 17.8 Å². The number of nitrogens with two attached hydrogens (primary N) is 1. The number of carbonyl (C=O) groups excluding carboxylic acids is 1. The van der Waals surface area contributed by atoms with Crippen LogP contribution in [0.25, 0.3) is 0 Å². The van der Waals surface area contributed by atoms with Gasteiger partial charge in [-0.05, 0) is 35.9 Å². The fourth-order valence-corrected chi connectivity index (χ4v) is 1.88. The molecule has 0 aromatic heterocycles. The van der Waals surface area contributed by atoms with Crippen molar-refractivity contribution in [2.75, 3.05) is 12.3 Å². The van der Waals surface area contributed by atoms with Crippen LogP contribution in [0.15, 0.2) is 42.5 Å². The van der Waals surface area contributed by atoms with E-state index in [4.69, 9.17) is 17.3 Å². The minimum atomic E-state index is -0.869. The average Bonchev–Trinajstić information content (AvgIpc) is 2.48. The zero-order valence-electron chi connectivity index (χ0n) is 11.0. The fraction of sp³-hybridized carbons (Fsp3) is 0.133. The summed E-state index contributed by atoms with van der Waals surface area (Å²) in [5, 5.41) is 12.4. The summed E-state index contributed by atoms with van der Waals surface area (Å²) in [6.07, 6.45) is -0.869. The summed E-state index contributed by atoms with van der Waals surface area (Å²) in [6, 6.07) is 10.4. The van der Waals surface area contributed by atoms with Crippen molar-refractivity contribution in [2.45, 2.75) is 6.10 Å². The molecule has 2 aromatic rings. The van der Waals surface area contributed by atoms with Gasteiger partial charge in [0, 0.05) is 17.8 Å². The number of hydrogen-bond donors (Lipinski definition) is 3. The van der Waals surface area contributed by atoms with Crippen molar-refractivity contribution in [1.29, 1.82) is 0 Å². The van der Waals surface area contributed by atoms with Gasteiger partial charge in [-0.2, -0.15) is 0 Å². The van der Waals surface area contributed by atoms with Crippen LogP contribution in [0, 0.1) is 5.82 Å². The van der Waals surface area contributed by atoms with Crippen LogP contribution in [0.2, 0.25) is 5.02 Å². The Hall–Kier alpha value is -2.11. The van der Waals surface area contributed by atoms with Crippen molar-refractivity contribution >= 4 is 23.2 Å². The summed E-state index contributed by atoms with van der Waals surface area (Å²) in [7, 11) is 0. The predicted octanol–water partition coefficient (Wildman–Crippen LogP) is 2.52. The number of nitrogen functional groups attached to an aromatic ring is 1. The van der Waals surface area contributed by atoms with E-state index >= 15 is 0 Å². The maximum atomic E-state index is 13.3. The maximum Gasteiger partial charge on any atom is 0.251 e. The normalized spacial score (nSPS) is 12.0. The third-order valence-electron chi connectivity index (χ3n) is 2.96. The van der Waals surface area contributed by atoms with Crippen LogP contribution in [0.5, 0.6) is 0 Å². The summed E-state index contributed by atoms with van der Waals surface area (Å²) in [5.74, 6) is -1.15. The number of aliphatic hydroxyl groups excluding tert-OH is 1. The monoisotopic (exact) mass is 308 g/mol. The van der Waals surface area contributed by atoms with Gasteiger partial charge >= 0.3 is 0 Å². The smallest absolute Gasteiger partial charge is 0.251 e. The number of nitrogens with one attached hydrogen (secondary N) is 1. The molecule has 0 aliphatic carbocycles. The maximum absolute atomic E-state index is 13.3. The standard InChI is InChI=1S/C15H14ClFN2O2/c16-12-6-3-10(7-13(12)17)15(21)19-8-14(20)9-1-4-11(18)5-2-9/h1-7,14,20H,8,18H2,(H,19,21). The highest BCUT2D eigenvalue weighted by molar-refractivity contribution is 6.30. The van der Waals surface area contributed by atoms with Crippen LogP contribution in [-0.4, -0.2) is 17.6 Å². The zero-order valence-corrected chi connectivity index (χ0v) is 11.8. The largest absolute Gasteiger partial charge is 0.399 e. The van der Waals surface area contributed by atoms with Crippen LogP contribution in [-0.2, 0) is 0 Å². The number of benzene rings is 2. The lowest BCUT2D eigenvalue weighted by atomic mass is 10.1. The Morgan fingerprint density at radius 1 is 1.29 bits per heavy atom. The van der Waals surface area contributed by atoms with Crippen molar-refractivity contribution in [1.82, 2.24) is 5.32 Å². The van der Waals surface area contributed by atoms with Gasteiger partial charge in [0.1, 0.15) is 5.82 Å². The molecule has 0 aliphatic heterocycles. The first-order valence-corrected chi connectivity index (χ1v) is 6.62. The Kier molecular flexibility index (Phi) is 4.77. The Morgan fingerprint density at radius 2 is 1.95 bits per heavy atom. The molecule has 1 amide bonds. The lowest BCUT2D eigenvalue weighted by molar-refractivity contribution is 0.0916. The van der Waals surface area contributed by atoms with E-state index in [0.29, 0.717) is 11.3 Å². The van der Waals surface area contributed by atoms with E-state index in [1.807, 2.05) is 0 Å². The topological polar surface area (TPSA) is 75.3 Å². The third-order valence-corrected chi connectivity index (χ3v) is 3.27. The summed E-state index contributed by atoms with van der Waals surface area (Å²) in [6.45, 7) is 0.00694. The zero-order chi connectivity index (χ0) is 15.4. The molecular formula is C15H14ClFN2O2. The molecule has 1 unspecified atom stereocenters. The van der Waals surface area contributed by atoms with Crippen molar-refractivity contribution in [3.63, 3.8) is 0 Å². The van der Waals surface area contributed by atoms with Gasteiger partial charge < -0.3 is 16.2 Å². The van der Waals surface area contributed by atoms with Gasteiger partial charge in [-0.15, -0.1) is 0 Å². The molecule has 0 saturated carbocycles. The van der Waals surface area contributed by atoms with E-state index in [-0.39, 0.29) is 17.1 Å². The number of hydrogen-bond acceptors (Lipinski definition) is 3. The molecule has 0 saturated heterocycles. The number of aliphatic hydroxyl groups is 1. The molecule has 0 bridgehead atoms. The first kappa shape index (κ1) is 15.3. The van der Waals surface area contributed by atoms with Gasteiger partial charge in [0.25, 0.3) is 5.91 Å². The Balaban J connectivity index is 1.97. The van der Waals surface area contributed by atoms with Crippen molar-refractivity contribution in [3.8, 4) is 0 Å². The molecule has 110 valence electrons. The highest BCUT2D eigenvalue weighted by atomic mass is 35.5. The van der Waals surface area contributed by atoms with Crippen molar-refractivity contribution in [2.24, 2.45) is 0 Å². The van der Waals surface area contributed by atoms with Gasteiger partial charge in [0.05, 0.1) is 11.1 Å². The fourth-order valence-electron chi connectivity index (χ4n) is 1.76. The molecule has 2 rings (SSSR count). The highest BCUT2D eigenvalue weighted by Crippen LogP contribution is 2.16. The lowest BCUT2D eigenvalue weighted by Gasteiger charge is -2.12. The summed E-state index contributed by atoms with van der Waals surface area (Å²) < 4.78 is 13.3. The van der Waals surface area contributed by atoms with E-state index in [0.717, 1.165) is 6.07 Å². The Morgan fingerprint density at radius 3 is 2.57 bits per heavy atom. The molecule has 0 aliphatic rings. The molecule has 4 N–H and O–H groups in total. The minimum Gasteiger partial charge on any atom is -0.399 e. The molecule has 0 spiro atoms. The van der Waals surface area contributed by atoms with E-state index in [2.05, 4.69) is 5.32 Å². The van der Waals surface area contributed by atoms with Crippen LogP contribution in [0.4, 0.5) is 10.1 Å². The molecule has 4 nitrogen and oxygen atoms in total. The average molecular weight is 309 g/mol. The lowest BCUT2D eigenvalue weighted by Crippen LogP contribution is -2.28. The summed E-state index contributed by atoms with van der Waals surface area (Å²) in [5.41, 5.74) is 6.91. The van der Waals surface area contributed by atoms with Crippen molar-refractivity contribution in [3.05, 3.63) is 64.4 Å². The molecule has 21 heavy (non-hydrogen) atoms. The molecule has 0 heterocycles. The van der Waals surface area contributed by atoms with Gasteiger partial charge in [-0.3, -0.25) is 4.79 Å². The van der Waals surface area contributed by atoms with Crippen LogP contribution in [0.1, 0.15) is 22.0 Å². The summed E-state index contributed by atoms with van der Waals surface area (Å²) in [4.78, 5) is 11.8. The second kappa shape index (κ2) is 6.56. The van der Waals surface area contributed by atoms with E-state index in [1.165, 1.54) is 12.1 Å². The van der Waals surface area contributed by atoms with Crippen LogP contribution >= 0.6 is 11.6 Å². The molecular weight excluding hydrogens is 295 g/mol. The molecule has 0 radical (unpaired) electrons. The van der Waals surface area contributed by atoms with Crippen LogP contribution in [0.3, 0.4) is 0 Å². The SMILES string of the molecule is Nc1ccc(C(O)CNC(=O)c2ccc(Cl)c(F)c2)cc1. The molecule has 0 fully saturated rings. The van der Waals surface area contributed by atoms with Crippen LogP contribution < -0.4 is 11.1 Å². The summed E-state index contributed by atoms with van der Waals surface area (Å²) >= 11 is 5.55. The Bertz CT molecular complexity index is 647. The minimum absolute atomic E-state index is 0.00694. The second-order valence-electron chi connectivity index (χ2n) is 4.52. The predicted molar refractivity (Wildman–Crippen MR) is 79.6 cm³/mol. The quantitative estimate of drug-likeness (QED) is 0.760. The van der Waals surface area contributed by atoms with E-state index in [9.17, 15) is 14.3 Å². The van der Waals surface area contributed by atoms with Gasteiger partial charge in [-0.1, -0.05) is 23.7 Å². The Labute approximate surface area is 126 Å². The number of anilines is 1. The number of amides is 1. The first-order valence-electron chi connectivity index (χ1n) is 6.24. The molecule has 6 heteroatoms. The number of carbonyl (C=O) groups is 1. The van der Waals surface area contributed by atoms with Gasteiger partial charge in [-0.25, -0.2) is 4.39 Å². The van der Waals surface area contributed by atoms with Crippen molar-refractivity contribution < 1.29 is 14.3 Å². The van der Waals surface area contributed by atoms with Gasteiger partial charge in [0.15, 0.2) is 0 Å². The molecule has 2 aromatic carbocycles. The first-order chi connectivity index (χ1) is 9.97. The number of rotatable bonds is 4. The van der Waals surface area contributed by atoms with E-state index in [1.54, 1.807) is 24.3 Å². The highest BCUT2D eigenvalue weighted by Gasteiger charge is 2.12. The van der Waals surface area contributed by atoms with Gasteiger partial charge in [0.2, 0.25) is 0 Å². The second-order valence-corrected chi connectivity index (χ2v) is 4.93. The number of halogens is 2.